The Kier molecular flexibility index (Phi) is 6.49. The normalized spacial score (nSPS) is 11.5. The zero-order valence-corrected chi connectivity index (χ0v) is 18.3. The lowest BCUT2D eigenvalue weighted by Crippen LogP contribution is -2.36. The van der Waals surface area contributed by atoms with Crippen molar-refractivity contribution in [1.82, 2.24) is 9.88 Å². The lowest BCUT2D eigenvalue weighted by molar-refractivity contribution is -0.118. The maximum atomic E-state index is 13.1. The molecule has 8 heteroatoms. The van der Waals surface area contributed by atoms with E-state index < -0.39 is 11.9 Å². The molecule has 4 aromatic rings. The summed E-state index contributed by atoms with van der Waals surface area (Å²) in [5.41, 5.74) is 1.71. The smallest absolute Gasteiger partial charge is 0.262 e. The second-order valence-electron chi connectivity index (χ2n) is 6.87. The monoisotopic (exact) mass is 463 g/mol. The third kappa shape index (κ3) is 4.96. The quantitative estimate of drug-likeness (QED) is 0.436. The first-order valence-corrected chi connectivity index (χ1v) is 10.9. The van der Waals surface area contributed by atoms with Gasteiger partial charge in [-0.25, -0.2) is 0 Å². The number of anilines is 1. The van der Waals surface area contributed by atoms with Gasteiger partial charge in [0.2, 0.25) is 0 Å². The summed E-state index contributed by atoms with van der Waals surface area (Å²) in [7, 11) is 0. The third-order valence-corrected chi connectivity index (χ3v) is 5.93. The molecular formula is C24H18ClN3O3S. The van der Waals surface area contributed by atoms with Gasteiger partial charge in [0.25, 0.3) is 17.4 Å². The number of benzene rings is 2. The summed E-state index contributed by atoms with van der Waals surface area (Å²) in [6, 6.07) is 23.1. The van der Waals surface area contributed by atoms with E-state index in [1.54, 1.807) is 79.0 Å². The van der Waals surface area contributed by atoms with Crippen molar-refractivity contribution in [2.75, 3.05) is 5.32 Å². The number of amides is 2. The zero-order valence-electron chi connectivity index (χ0n) is 16.7. The van der Waals surface area contributed by atoms with Crippen LogP contribution in [0.25, 0.3) is 5.69 Å². The van der Waals surface area contributed by atoms with Crippen LogP contribution in [-0.4, -0.2) is 16.4 Å². The molecule has 6 nitrogen and oxygen atoms in total. The van der Waals surface area contributed by atoms with Crippen LogP contribution in [0.4, 0.5) is 5.69 Å². The molecule has 2 aromatic carbocycles. The summed E-state index contributed by atoms with van der Waals surface area (Å²) in [4.78, 5) is 38.2. The van der Waals surface area contributed by atoms with Crippen LogP contribution in [0.3, 0.4) is 0 Å². The Balaban J connectivity index is 1.54. The predicted octanol–water partition coefficient (Wildman–Crippen LogP) is 4.66. The van der Waals surface area contributed by atoms with Crippen molar-refractivity contribution in [3.8, 4) is 5.69 Å². The Morgan fingerprint density at radius 3 is 2.25 bits per heavy atom. The van der Waals surface area contributed by atoms with Gasteiger partial charge in [0, 0.05) is 23.6 Å². The van der Waals surface area contributed by atoms with Gasteiger partial charge in [0.1, 0.15) is 6.04 Å². The molecule has 2 amide bonds. The average Bonchev–Trinajstić information content (AvgIpc) is 3.25. The van der Waals surface area contributed by atoms with Crippen molar-refractivity contribution < 1.29 is 9.59 Å². The first kappa shape index (κ1) is 21.5. The van der Waals surface area contributed by atoms with Crippen LogP contribution >= 0.6 is 22.9 Å². The van der Waals surface area contributed by atoms with E-state index >= 15 is 0 Å². The molecule has 0 saturated carbocycles. The summed E-state index contributed by atoms with van der Waals surface area (Å²) < 4.78 is 2.00. The molecule has 0 aliphatic carbocycles. The van der Waals surface area contributed by atoms with E-state index in [1.807, 2.05) is 6.07 Å². The van der Waals surface area contributed by atoms with Crippen LogP contribution in [0.2, 0.25) is 4.34 Å². The molecule has 4 rings (SSSR count). The molecule has 2 aromatic heterocycles. The molecule has 0 radical (unpaired) electrons. The number of rotatable bonds is 6. The first-order valence-electron chi connectivity index (χ1n) is 9.71. The van der Waals surface area contributed by atoms with Gasteiger partial charge >= 0.3 is 0 Å². The minimum absolute atomic E-state index is 0.148. The molecule has 0 bridgehead atoms. The molecule has 2 heterocycles. The maximum Gasteiger partial charge on any atom is 0.262 e. The summed E-state index contributed by atoms with van der Waals surface area (Å²) in [6.07, 6.45) is 1.67. The minimum Gasteiger partial charge on any atom is -0.336 e. The molecule has 1 unspecified atom stereocenters. The standard InChI is InChI=1S/C24H18ClN3O3S/c25-20-14-13-19(32-20)23(30)27-22(16-6-2-1-3-7-16)24(31)26-17-9-11-18(12-10-17)28-15-5-4-8-21(28)29/h1-15,22H,(H,26,31)(H,27,30). The number of halogens is 1. The summed E-state index contributed by atoms with van der Waals surface area (Å²) in [5, 5.41) is 5.62. The molecule has 0 spiro atoms. The van der Waals surface area contributed by atoms with Gasteiger partial charge in [0.05, 0.1) is 9.21 Å². The second kappa shape index (κ2) is 9.64. The van der Waals surface area contributed by atoms with Crippen LogP contribution in [-0.2, 0) is 4.79 Å². The van der Waals surface area contributed by atoms with Crippen molar-refractivity contribution in [1.29, 1.82) is 0 Å². The van der Waals surface area contributed by atoms with E-state index in [9.17, 15) is 14.4 Å². The van der Waals surface area contributed by atoms with Crippen molar-refractivity contribution >= 4 is 40.4 Å². The van der Waals surface area contributed by atoms with E-state index in [4.69, 9.17) is 11.6 Å². The fourth-order valence-electron chi connectivity index (χ4n) is 3.14. The van der Waals surface area contributed by atoms with Gasteiger partial charge in [-0.15, -0.1) is 11.3 Å². The van der Waals surface area contributed by atoms with E-state index in [0.717, 1.165) is 11.3 Å². The van der Waals surface area contributed by atoms with Gasteiger partial charge in [0.15, 0.2) is 0 Å². The highest BCUT2D eigenvalue weighted by atomic mass is 35.5. The van der Waals surface area contributed by atoms with E-state index in [1.165, 1.54) is 10.6 Å². The lowest BCUT2D eigenvalue weighted by Gasteiger charge is -2.19. The maximum absolute atomic E-state index is 13.1. The van der Waals surface area contributed by atoms with Crippen LogP contribution in [0, 0.1) is 0 Å². The highest BCUT2D eigenvalue weighted by molar-refractivity contribution is 7.18. The van der Waals surface area contributed by atoms with Crippen molar-refractivity contribution in [2.45, 2.75) is 6.04 Å². The second-order valence-corrected chi connectivity index (χ2v) is 8.58. The molecule has 1 atom stereocenters. The minimum atomic E-state index is -0.902. The first-order chi connectivity index (χ1) is 15.5. The molecular weight excluding hydrogens is 446 g/mol. The van der Waals surface area contributed by atoms with Crippen LogP contribution in [0.5, 0.6) is 0 Å². The number of nitrogens with zero attached hydrogens (tertiary/aromatic N) is 1. The molecule has 2 N–H and O–H groups in total. The average molecular weight is 464 g/mol. The Labute approximate surface area is 193 Å². The Morgan fingerprint density at radius 1 is 0.875 bits per heavy atom. The number of thiophene rings is 1. The van der Waals surface area contributed by atoms with Gasteiger partial charge < -0.3 is 10.6 Å². The third-order valence-electron chi connectivity index (χ3n) is 4.70. The largest absolute Gasteiger partial charge is 0.336 e. The highest BCUT2D eigenvalue weighted by Gasteiger charge is 2.24. The molecule has 160 valence electrons. The van der Waals surface area contributed by atoms with Gasteiger partial charge in [-0.3, -0.25) is 19.0 Å². The topological polar surface area (TPSA) is 80.2 Å². The number of nitrogens with one attached hydrogen (secondary N) is 2. The SMILES string of the molecule is O=C(NC(C(=O)Nc1ccc(-n2ccccc2=O)cc1)c1ccccc1)c1ccc(Cl)s1. The molecule has 0 saturated heterocycles. The van der Waals surface area contributed by atoms with E-state index in [2.05, 4.69) is 10.6 Å². The number of pyridine rings is 1. The Hall–Kier alpha value is -3.68. The van der Waals surface area contributed by atoms with Gasteiger partial charge in [-0.1, -0.05) is 48.0 Å². The highest BCUT2D eigenvalue weighted by Crippen LogP contribution is 2.23. The van der Waals surface area contributed by atoms with Crippen molar-refractivity contribution in [3.63, 3.8) is 0 Å². The summed E-state index contributed by atoms with van der Waals surface area (Å²) in [5.74, 6) is -0.776. The lowest BCUT2D eigenvalue weighted by atomic mass is 10.1. The van der Waals surface area contributed by atoms with E-state index in [0.29, 0.717) is 26.2 Å². The van der Waals surface area contributed by atoms with Crippen molar-refractivity contribution in [3.05, 3.63) is 116 Å². The predicted molar refractivity (Wildman–Crippen MR) is 127 cm³/mol. The van der Waals surface area contributed by atoms with Crippen LogP contribution in [0.15, 0.2) is 95.9 Å². The van der Waals surface area contributed by atoms with Crippen LogP contribution < -0.4 is 16.2 Å². The van der Waals surface area contributed by atoms with Gasteiger partial charge in [-0.05, 0) is 48.0 Å². The molecule has 0 aliphatic heterocycles. The number of carbonyl (C=O) groups is 2. The van der Waals surface area contributed by atoms with Crippen molar-refractivity contribution in [2.24, 2.45) is 0 Å². The molecule has 0 fully saturated rings. The molecule has 0 aliphatic rings. The number of hydrogen-bond donors (Lipinski definition) is 2. The number of carbonyl (C=O) groups excluding carboxylic acids is 2. The Morgan fingerprint density at radius 2 is 1.59 bits per heavy atom. The summed E-state index contributed by atoms with van der Waals surface area (Å²) in [6.45, 7) is 0. The Bertz CT molecular complexity index is 1300. The fraction of sp³-hybridized carbons (Fsp3) is 0.0417. The van der Waals surface area contributed by atoms with Crippen LogP contribution in [0.1, 0.15) is 21.3 Å². The fourth-order valence-corrected chi connectivity index (χ4v) is 4.09. The number of aromatic nitrogens is 1. The molecule has 32 heavy (non-hydrogen) atoms. The summed E-state index contributed by atoms with van der Waals surface area (Å²) >= 11 is 7.08. The van der Waals surface area contributed by atoms with E-state index in [-0.39, 0.29) is 11.5 Å². The van der Waals surface area contributed by atoms with Gasteiger partial charge in [-0.2, -0.15) is 0 Å². The zero-order chi connectivity index (χ0) is 22.5. The number of hydrogen-bond acceptors (Lipinski definition) is 4.